The summed E-state index contributed by atoms with van der Waals surface area (Å²) in [5.41, 5.74) is 3.58. The first-order valence-corrected chi connectivity index (χ1v) is 5.30. The van der Waals surface area contributed by atoms with Gasteiger partial charge in [0.1, 0.15) is 6.61 Å². The molecule has 0 aliphatic carbocycles. The number of nitrogens with zero attached hydrogens (tertiary/aromatic N) is 1. The van der Waals surface area contributed by atoms with Crippen molar-refractivity contribution in [2.24, 2.45) is 0 Å². The van der Waals surface area contributed by atoms with Gasteiger partial charge in [-0.2, -0.15) is 0 Å². The quantitative estimate of drug-likeness (QED) is 0.832. The predicted octanol–water partition coefficient (Wildman–Crippen LogP) is 2.93. The SMILES string of the molecule is Cc1ccc(COc2n[nH]c(=S)o2)cc1C. The van der Waals surface area contributed by atoms with Gasteiger partial charge in [-0.1, -0.05) is 23.3 Å². The molecule has 0 bridgehead atoms. The highest BCUT2D eigenvalue weighted by atomic mass is 32.1. The fourth-order valence-corrected chi connectivity index (χ4v) is 1.43. The number of aromatic nitrogens is 2. The van der Waals surface area contributed by atoms with E-state index in [-0.39, 0.29) is 10.9 Å². The third kappa shape index (κ3) is 2.49. The zero-order chi connectivity index (χ0) is 11.5. The van der Waals surface area contributed by atoms with Crippen LogP contribution in [0.2, 0.25) is 0 Å². The third-order valence-electron chi connectivity index (χ3n) is 2.35. The minimum atomic E-state index is 0.170. The van der Waals surface area contributed by atoms with E-state index in [4.69, 9.17) is 21.4 Å². The number of ether oxygens (including phenoxy) is 1. The van der Waals surface area contributed by atoms with E-state index in [1.54, 1.807) is 0 Å². The molecule has 84 valence electrons. The van der Waals surface area contributed by atoms with Crippen LogP contribution in [0.4, 0.5) is 0 Å². The largest absolute Gasteiger partial charge is 0.444 e. The lowest BCUT2D eigenvalue weighted by Crippen LogP contribution is -1.96. The van der Waals surface area contributed by atoms with Crippen LogP contribution < -0.4 is 4.74 Å². The normalized spacial score (nSPS) is 10.4. The maximum Gasteiger partial charge on any atom is 0.413 e. The molecule has 0 saturated heterocycles. The van der Waals surface area contributed by atoms with Gasteiger partial charge in [-0.3, -0.25) is 0 Å². The Morgan fingerprint density at radius 3 is 2.81 bits per heavy atom. The number of hydrogen-bond donors (Lipinski definition) is 1. The van der Waals surface area contributed by atoms with Gasteiger partial charge in [0, 0.05) is 0 Å². The molecule has 0 unspecified atom stereocenters. The third-order valence-corrected chi connectivity index (χ3v) is 2.53. The predicted molar refractivity (Wildman–Crippen MR) is 61.9 cm³/mol. The molecule has 2 rings (SSSR count). The Kier molecular flexibility index (Phi) is 3.05. The lowest BCUT2D eigenvalue weighted by Gasteiger charge is -2.04. The molecule has 2 aromatic rings. The smallest absolute Gasteiger partial charge is 0.413 e. The topological polar surface area (TPSA) is 51.0 Å². The van der Waals surface area contributed by atoms with Gasteiger partial charge in [-0.05, 0) is 42.8 Å². The Morgan fingerprint density at radius 2 is 2.19 bits per heavy atom. The number of rotatable bonds is 3. The van der Waals surface area contributed by atoms with Crippen LogP contribution in [0.15, 0.2) is 22.6 Å². The second-order valence-electron chi connectivity index (χ2n) is 3.59. The number of aromatic amines is 1. The van der Waals surface area contributed by atoms with Crippen LogP contribution in [0.1, 0.15) is 16.7 Å². The molecule has 0 radical (unpaired) electrons. The standard InChI is InChI=1S/C11H12N2O2S/c1-7-3-4-9(5-8(7)2)6-14-10-12-13-11(16)15-10/h3-5H,6H2,1-2H3,(H,13,16). The van der Waals surface area contributed by atoms with Crippen molar-refractivity contribution in [2.75, 3.05) is 0 Å². The maximum atomic E-state index is 5.33. The van der Waals surface area contributed by atoms with Crippen molar-refractivity contribution < 1.29 is 9.15 Å². The molecule has 0 aliphatic rings. The van der Waals surface area contributed by atoms with Crippen molar-refractivity contribution in [2.45, 2.75) is 20.5 Å². The highest BCUT2D eigenvalue weighted by Gasteiger charge is 2.02. The monoisotopic (exact) mass is 236 g/mol. The van der Waals surface area contributed by atoms with Crippen LogP contribution >= 0.6 is 12.2 Å². The number of aryl methyl sites for hydroxylation is 2. The van der Waals surface area contributed by atoms with E-state index in [0.29, 0.717) is 6.61 Å². The van der Waals surface area contributed by atoms with E-state index in [0.717, 1.165) is 5.56 Å². The van der Waals surface area contributed by atoms with E-state index >= 15 is 0 Å². The first-order chi connectivity index (χ1) is 7.65. The Labute approximate surface area is 98.3 Å². The Balaban J connectivity index is 2.04. The van der Waals surface area contributed by atoms with Gasteiger partial charge >= 0.3 is 6.08 Å². The number of hydrogen-bond acceptors (Lipinski definition) is 4. The fourth-order valence-electron chi connectivity index (χ4n) is 1.32. The second-order valence-corrected chi connectivity index (χ2v) is 3.96. The van der Waals surface area contributed by atoms with Gasteiger partial charge in [-0.25, -0.2) is 5.10 Å². The molecule has 16 heavy (non-hydrogen) atoms. The van der Waals surface area contributed by atoms with Gasteiger partial charge < -0.3 is 9.15 Å². The second kappa shape index (κ2) is 4.49. The molecule has 1 N–H and O–H groups in total. The summed E-state index contributed by atoms with van der Waals surface area (Å²) in [5, 5.41) is 6.25. The van der Waals surface area contributed by atoms with Gasteiger partial charge in [0.05, 0.1) is 0 Å². The summed E-state index contributed by atoms with van der Waals surface area (Å²) in [7, 11) is 0. The van der Waals surface area contributed by atoms with E-state index in [2.05, 4.69) is 36.2 Å². The van der Waals surface area contributed by atoms with Crippen LogP contribution in [0.3, 0.4) is 0 Å². The van der Waals surface area contributed by atoms with Crippen LogP contribution in [0, 0.1) is 18.7 Å². The van der Waals surface area contributed by atoms with Gasteiger partial charge in [0.25, 0.3) is 4.84 Å². The zero-order valence-corrected chi connectivity index (χ0v) is 9.93. The molecule has 0 saturated carbocycles. The number of nitrogens with one attached hydrogen (secondary N) is 1. The average Bonchev–Trinajstić information content (AvgIpc) is 2.66. The van der Waals surface area contributed by atoms with Gasteiger partial charge in [0.15, 0.2) is 0 Å². The molecule has 0 aliphatic heterocycles. The van der Waals surface area contributed by atoms with E-state index in [1.807, 2.05) is 6.07 Å². The van der Waals surface area contributed by atoms with Crippen molar-refractivity contribution in [3.63, 3.8) is 0 Å². The minimum absolute atomic E-state index is 0.170. The first-order valence-electron chi connectivity index (χ1n) is 4.89. The highest BCUT2D eigenvalue weighted by Crippen LogP contribution is 2.12. The van der Waals surface area contributed by atoms with Crippen molar-refractivity contribution in [3.8, 4) is 6.08 Å². The van der Waals surface area contributed by atoms with E-state index < -0.39 is 0 Å². The van der Waals surface area contributed by atoms with Gasteiger partial charge in [-0.15, -0.1) is 0 Å². The molecular formula is C11H12N2O2S. The summed E-state index contributed by atoms with van der Waals surface area (Å²) < 4.78 is 10.3. The number of benzene rings is 1. The Morgan fingerprint density at radius 1 is 1.38 bits per heavy atom. The van der Waals surface area contributed by atoms with Crippen molar-refractivity contribution >= 4 is 12.2 Å². The molecule has 0 spiro atoms. The summed E-state index contributed by atoms with van der Waals surface area (Å²) in [4.78, 5) is 0.218. The van der Waals surface area contributed by atoms with Crippen molar-refractivity contribution in [1.29, 1.82) is 0 Å². The van der Waals surface area contributed by atoms with E-state index in [1.165, 1.54) is 11.1 Å². The lowest BCUT2D eigenvalue weighted by atomic mass is 10.1. The molecule has 1 aromatic heterocycles. The molecule has 0 atom stereocenters. The molecule has 0 fully saturated rings. The molecule has 4 nitrogen and oxygen atoms in total. The first kappa shape index (κ1) is 10.9. The molecule has 5 heteroatoms. The maximum absolute atomic E-state index is 5.33. The number of H-pyrrole nitrogens is 1. The summed E-state index contributed by atoms with van der Waals surface area (Å²) >= 11 is 4.74. The summed E-state index contributed by atoms with van der Waals surface area (Å²) in [6, 6.07) is 6.16. The van der Waals surface area contributed by atoms with Crippen molar-refractivity contribution in [3.05, 3.63) is 39.7 Å². The minimum Gasteiger partial charge on any atom is -0.444 e. The summed E-state index contributed by atoms with van der Waals surface area (Å²) in [6.07, 6.45) is 0.170. The van der Waals surface area contributed by atoms with Crippen LogP contribution in [-0.2, 0) is 6.61 Å². The van der Waals surface area contributed by atoms with Gasteiger partial charge in [0.2, 0.25) is 0 Å². The zero-order valence-electron chi connectivity index (χ0n) is 9.11. The molecule has 0 amide bonds. The van der Waals surface area contributed by atoms with E-state index in [9.17, 15) is 0 Å². The summed E-state index contributed by atoms with van der Waals surface area (Å²) in [6.45, 7) is 4.57. The van der Waals surface area contributed by atoms with Crippen LogP contribution in [0.25, 0.3) is 0 Å². The Bertz CT molecular complexity index is 545. The average molecular weight is 236 g/mol. The van der Waals surface area contributed by atoms with Crippen LogP contribution in [-0.4, -0.2) is 10.2 Å². The molecular weight excluding hydrogens is 224 g/mol. The Hall–Kier alpha value is -1.62. The molecule has 1 aromatic carbocycles. The van der Waals surface area contributed by atoms with Crippen molar-refractivity contribution in [1.82, 2.24) is 10.2 Å². The molecule has 1 heterocycles. The summed E-state index contributed by atoms with van der Waals surface area (Å²) in [5.74, 6) is 0. The van der Waals surface area contributed by atoms with Crippen LogP contribution in [0.5, 0.6) is 6.08 Å². The highest BCUT2D eigenvalue weighted by molar-refractivity contribution is 7.71. The fraction of sp³-hybridized carbons (Fsp3) is 0.273. The lowest BCUT2D eigenvalue weighted by molar-refractivity contribution is 0.218.